The van der Waals surface area contributed by atoms with Crippen LogP contribution in [0.15, 0.2) is 70.1 Å². The van der Waals surface area contributed by atoms with Gasteiger partial charge in [0.25, 0.3) is 0 Å². The van der Waals surface area contributed by atoms with Crippen molar-refractivity contribution in [1.82, 2.24) is 9.88 Å². The van der Waals surface area contributed by atoms with Gasteiger partial charge < -0.3 is 13.9 Å². The number of rotatable bonds is 4. The summed E-state index contributed by atoms with van der Waals surface area (Å²) in [5.41, 5.74) is -0.116. The summed E-state index contributed by atoms with van der Waals surface area (Å²) in [6.07, 6.45) is -1.58. The maximum absolute atomic E-state index is 14.2. The molecular weight excluding hydrogens is 449 g/mol. The lowest BCUT2D eigenvalue weighted by molar-refractivity contribution is -0.152. The number of hydrogen-bond acceptors (Lipinski definition) is 6. The Kier molecular flexibility index (Phi) is 5.49. The standard InChI is InChI=1S/C25H19F3N2O4/c1-32-19-5-3-2-4-16(19)21-22(31)17-6-7-20-18(23(17)34-24(21)25(26,27)28)13-30(14-33-20)12-15-8-10-29-11-9-15/h2-11H,12-14H2,1H3. The van der Waals surface area contributed by atoms with Gasteiger partial charge in [0, 0.05) is 31.0 Å². The fraction of sp³-hybridized carbons (Fsp3) is 0.200. The van der Waals surface area contributed by atoms with Gasteiger partial charge in [-0.3, -0.25) is 14.7 Å². The van der Waals surface area contributed by atoms with Gasteiger partial charge in [0.2, 0.25) is 11.2 Å². The van der Waals surface area contributed by atoms with Crippen molar-refractivity contribution in [3.63, 3.8) is 0 Å². The van der Waals surface area contributed by atoms with Gasteiger partial charge in [0.1, 0.15) is 23.8 Å². The number of nitrogens with zero attached hydrogens (tertiary/aromatic N) is 2. The van der Waals surface area contributed by atoms with Crippen molar-refractivity contribution < 1.29 is 27.1 Å². The zero-order chi connectivity index (χ0) is 23.9. The molecule has 2 aromatic carbocycles. The highest BCUT2D eigenvalue weighted by molar-refractivity contribution is 5.88. The molecule has 0 N–H and O–H groups in total. The number of pyridine rings is 1. The number of hydrogen-bond donors (Lipinski definition) is 0. The van der Waals surface area contributed by atoms with E-state index < -0.39 is 22.9 Å². The molecule has 0 fully saturated rings. The van der Waals surface area contributed by atoms with Crippen LogP contribution >= 0.6 is 0 Å². The van der Waals surface area contributed by atoms with E-state index in [4.69, 9.17) is 13.9 Å². The van der Waals surface area contributed by atoms with Crippen molar-refractivity contribution in [2.75, 3.05) is 13.8 Å². The van der Waals surface area contributed by atoms with Crippen molar-refractivity contribution in [3.05, 3.63) is 88.0 Å². The zero-order valence-corrected chi connectivity index (χ0v) is 18.1. The Labute approximate surface area is 192 Å². The first-order valence-corrected chi connectivity index (χ1v) is 10.4. The summed E-state index contributed by atoms with van der Waals surface area (Å²) < 4.78 is 58.9. The third-order valence-corrected chi connectivity index (χ3v) is 5.69. The monoisotopic (exact) mass is 468 g/mol. The van der Waals surface area contributed by atoms with Crippen LogP contribution in [0.5, 0.6) is 11.5 Å². The molecule has 0 bridgehead atoms. The van der Waals surface area contributed by atoms with E-state index in [2.05, 4.69) is 4.98 Å². The van der Waals surface area contributed by atoms with E-state index in [1.807, 2.05) is 17.0 Å². The lowest BCUT2D eigenvalue weighted by Crippen LogP contribution is -2.32. The van der Waals surface area contributed by atoms with Crippen molar-refractivity contribution in [3.8, 4) is 22.6 Å². The lowest BCUT2D eigenvalue weighted by atomic mass is 9.99. The second kappa shape index (κ2) is 8.49. The Morgan fingerprint density at radius 2 is 1.85 bits per heavy atom. The first-order chi connectivity index (χ1) is 16.4. The molecule has 0 radical (unpaired) electrons. The third kappa shape index (κ3) is 3.88. The van der Waals surface area contributed by atoms with E-state index >= 15 is 0 Å². The van der Waals surface area contributed by atoms with Crippen molar-refractivity contribution in [1.29, 1.82) is 0 Å². The molecule has 3 heterocycles. The molecule has 0 amide bonds. The van der Waals surface area contributed by atoms with Crippen LogP contribution in [-0.2, 0) is 19.3 Å². The molecule has 5 rings (SSSR count). The van der Waals surface area contributed by atoms with Crippen molar-refractivity contribution in [2.24, 2.45) is 0 Å². The van der Waals surface area contributed by atoms with E-state index in [1.54, 1.807) is 30.6 Å². The Bertz CT molecular complexity index is 1420. The Morgan fingerprint density at radius 3 is 2.59 bits per heavy atom. The van der Waals surface area contributed by atoms with Crippen LogP contribution < -0.4 is 14.9 Å². The number of methoxy groups -OCH3 is 1. The van der Waals surface area contributed by atoms with Crippen LogP contribution in [-0.4, -0.2) is 23.7 Å². The molecular formula is C25H19F3N2O4. The molecule has 1 aliphatic heterocycles. The van der Waals surface area contributed by atoms with Crippen molar-refractivity contribution in [2.45, 2.75) is 19.3 Å². The summed E-state index contributed by atoms with van der Waals surface area (Å²) in [4.78, 5) is 19.3. The number of alkyl halides is 3. The quantitative estimate of drug-likeness (QED) is 0.409. The van der Waals surface area contributed by atoms with Gasteiger partial charge in [0.05, 0.1) is 23.6 Å². The second-order valence-electron chi connectivity index (χ2n) is 7.87. The Balaban J connectivity index is 1.69. The Hall–Kier alpha value is -3.85. The summed E-state index contributed by atoms with van der Waals surface area (Å²) in [7, 11) is 1.33. The highest BCUT2D eigenvalue weighted by Crippen LogP contribution is 2.42. The van der Waals surface area contributed by atoms with Crippen LogP contribution in [0.3, 0.4) is 0 Å². The van der Waals surface area contributed by atoms with Gasteiger partial charge in [-0.25, -0.2) is 0 Å². The number of ether oxygens (including phenoxy) is 2. The molecule has 6 nitrogen and oxygen atoms in total. The van der Waals surface area contributed by atoms with E-state index in [1.165, 1.54) is 25.3 Å². The average Bonchev–Trinajstić information content (AvgIpc) is 2.84. The fourth-order valence-electron chi connectivity index (χ4n) is 4.15. The molecule has 0 unspecified atom stereocenters. The first-order valence-electron chi connectivity index (χ1n) is 10.4. The normalized spacial score (nSPS) is 14.0. The lowest BCUT2D eigenvalue weighted by Gasteiger charge is -2.29. The average molecular weight is 468 g/mol. The molecule has 34 heavy (non-hydrogen) atoms. The zero-order valence-electron chi connectivity index (χ0n) is 18.1. The van der Waals surface area contributed by atoms with E-state index in [9.17, 15) is 18.0 Å². The smallest absolute Gasteiger partial charge is 0.450 e. The minimum Gasteiger partial charge on any atom is -0.496 e. The fourth-order valence-corrected chi connectivity index (χ4v) is 4.15. The molecule has 4 aromatic rings. The maximum atomic E-state index is 14.2. The number of benzene rings is 2. The molecule has 1 aliphatic rings. The van der Waals surface area contributed by atoms with Gasteiger partial charge in [-0.15, -0.1) is 0 Å². The second-order valence-corrected chi connectivity index (χ2v) is 7.87. The number of fused-ring (bicyclic) bond motifs is 3. The molecule has 0 aliphatic carbocycles. The van der Waals surface area contributed by atoms with E-state index in [0.29, 0.717) is 17.9 Å². The van der Waals surface area contributed by atoms with Crippen LogP contribution in [0.1, 0.15) is 16.9 Å². The minimum absolute atomic E-state index is 0.0151. The number of para-hydroxylation sites is 1. The van der Waals surface area contributed by atoms with Crippen LogP contribution in [0.25, 0.3) is 22.1 Å². The topological polar surface area (TPSA) is 64.8 Å². The van der Waals surface area contributed by atoms with E-state index in [-0.39, 0.29) is 35.6 Å². The van der Waals surface area contributed by atoms with E-state index in [0.717, 1.165) is 5.56 Å². The molecule has 0 saturated carbocycles. The molecule has 0 spiro atoms. The van der Waals surface area contributed by atoms with Crippen LogP contribution in [0.4, 0.5) is 13.2 Å². The number of halogens is 3. The highest BCUT2D eigenvalue weighted by Gasteiger charge is 2.40. The Morgan fingerprint density at radius 1 is 1.09 bits per heavy atom. The largest absolute Gasteiger partial charge is 0.496 e. The first kappa shape index (κ1) is 22.0. The SMILES string of the molecule is COc1ccccc1-c1c(C(F)(F)F)oc2c3c(ccc2c1=O)OCN(Cc1ccncc1)C3. The summed E-state index contributed by atoms with van der Waals surface area (Å²) >= 11 is 0. The summed E-state index contributed by atoms with van der Waals surface area (Å²) in [5.74, 6) is -0.835. The summed E-state index contributed by atoms with van der Waals surface area (Å²) in [6, 6.07) is 12.8. The highest BCUT2D eigenvalue weighted by atomic mass is 19.4. The maximum Gasteiger partial charge on any atom is 0.450 e. The van der Waals surface area contributed by atoms with Crippen LogP contribution in [0.2, 0.25) is 0 Å². The van der Waals surface area contributed by atoms with Crippen LogP contribution in [0, 0.1) is 0 Å². The van der Waals surface area contributed by atoms with Gasteiger partial charge >= 0.3 is 6.18 Å². The van der Waals surface area contributed by atoms with Gasteiger partial charge in [-0.1, -0.05) is 18.2 Å². The summed E-state index contributed by atoms with van der Waals surface area (Å²) in [6.45, 7) is 0.994. The molecule has 0 atom stereocenters. The molecule has 174 valence electrons. The van der Waals surface area contributed by atoms with Gasteiger partial charge in [0.15, 0.2) is 0 Å². The van der Waals surface area contributed by atoms with Gasteiger partial charge in [-0.05, 0) is 35.9 Å². The predicted molar refractivity (Wildman–Crippen MR) is 118 cm³/mol. The summed E-state index contributed by atoms with van der Waals surface area (Å²) in [5, 5.41) is 0.0435. The predicted octanol–water partition coefficient (Wildman–Crippen LogP) is 5.23. The molecule has 0 saturated heterocycles. The molecule has 9 heteroatoms. The molecule has 2 aromatic heterocycles. The number of aromatic nitrogens is 1. The van der Waals surface area contributed by atoms with Crippen molar-refractivity contribution >= 4 is 11.0 Å². The minimum atomic E-state index is -4.90. The van der Waals surface area contributed by atoms with Gasteiger partial charge in [-0.2, -0.15) is 13.2 Å². The third-order valence-electron chi connectivity index (χ3n) is 5.69.